The van der Waals surface area contributed by atoms with Crippen LogP contribution in [-0.2, 0) is 17.6 Å². The molecule has 2 rings (SSSR count). The number of hydrogen-bond acceptors (Lipinski definition) is 2. The minimum absolute atomic E-state index is 0.0118. The van der Waals surface area contributed by atoms with Gasteiger partial charge in [0.2, 0.25) is 5.91 Å². The lowest BCUT2D eigenvalue weighted by Crippen LogP contribution is -2.25. The van der Waals surface area contributed by atoms with Crippen molar-refractivity contribution in [1.82, 2.24) is 10.3 Å². The topological polar surface area (TPSA) is 42.0 Å². The van der Waals surface area contributed by atoms with Crippen LogP contribution in [0.15, 0.2) is 48.7 Å². The van der Waals surface area contributed by atoms with Gasteiger partial charge < -0.3 is 5.32 Å². The van der Waals surface area contributed by atoms with Crippen molar-refractivity contribution in [1.29, 1.82) is 0 Å². The highest BCUT2D eigenvalue weighted by Crippen LogP contribution is 2.03. The van der Waals surface area contributed by atoms with Gasteiger partial charge in [0.25, 0.3) is 0 Å². The van der Waals surface area contributed by atoms with Crippen LogP contribution in [0.3, 0.4) is 0 Å². The molecule has 1 N–H and O–H groups in total. The van der Waals surface area contributed by atoms with Crippen LogP contribution >= 0.6 is 0 Å². The number of halogens is 1. The van der Waals surface area contributed by atoms with Crippen LogP contribution in [0.25, 0.3) is 0 Å². The Hall–Kier alpha value is -2.23. The summed E-state index contributed by atoms with van der Waals surface area (Å²) in [6.07, 6.45) is 3.50. The monoisotopic (exact) mass is 272 g/mol. The molecule has 104 valence electrons. The zero-order valence-corrected chi connectivity index (χ0v) is 11.2. The number of aromatic nitrogens is 1. The Balaban J connectivity index is 1.66. The zero-order valence-electron chi connectivity index (χ0n) is 11.2. The van der Waals surface area contributed by atoms with Gasteiger partial charge in [0.1, 0.15) is 5.82 Å². The maximum Gasteiger partial charge on any atom is 0.220 e. The van der Waals surface area contributed by atoms with E-state index in [1.165, 1.54) is 12.1 Å². The van der Waals surface area contributed by atoms with E-state index in [4.69, 9.17) is 0 Å². The number of nitrogens with zero attached hydrogens (tertiary/aromatic N) is 1. The molecule has 0 radical (unpaired) electrons. The number of amides is 1. The fourth-order valence-corrected chi connectivity index (χ4v) is 1.87. The first kappa shape index (κ1) is 14.2. The van der Waals surface area contributed by atoms with E-state index in [1.54, 1.807) is 18.3 Å². The highest BCUT2D eigenvalue weighted by atomic mass is 19.1. The van der Waals surface area contributed by atoms with Crippen LogP contribution in [0.1, 0.15) is 17.7 Å². The van der Waals surface area contributed by atoms with Crippen molar-refractivity contribution in [3.8, 4) is 0 Å². The molecule has 0 unspecified atom stereocenters. The molecule has 1 amide bonds. The Morgan fingerprint density at radius 2 is 1.90 bits per heavy atom. The SMILES string of the molecule is O=C(CCc1ccccn1)NCCc1ccc(F)cc1. The average molecular weight is 272 g/mol. The molecule has 0 aliphatic carbocycles. The van der Waals surface area contributed by atoms with E-state index >= 15 is 0 Å². The van der Waals surface area contributed by atoms with Crippen molar-refractivity contribution in [2.45, 2.75) is 19.3 Å². The fraction of sp³-hybridized carbons (Fsp3) is 0.250. The third-order valence-electron chi connectivity index (χ3n) is 2.98. The normalized spacial score (nSPS) is 10.2. The Labute approximate surface area is 117 Å². The molecule has 1 aromatic carbocycles. The van der Waals surface area contributed by atoms with Crippen LogP contribution in [-0.4, -0.2) is 17.4 Å². The number of rotatable bonds is 6. The summed E-state index contributed by atoms with van der Waals surface area (Å²) in [5.74, 6) is -0.231. The number of pyridine rings is 1. The molecule has 2 aromatic rings. The Morgan fingerprint density at radius 3 is 2.60 bits per heavy atom. The van der Waals surface area contributed by atoms with E-state index in [0.717, 1.165) is 11.3 Å². The van der Waals surface area contributed by atoms with Crippen molar-refractivity contribution in [3.05, 3.63) is 65.7 Å². The molecule has 0 aliphatic rings. The van der Waals surface area contributed by atoms with Crippen molar-refractivity contribution in [2.24, 2.45) is 0 Å². The number of benzene rings is 1. The van der Waals surface area contributed by atoms with Gasteiger partial charge in [0.05, 0.1) is 0 Å². The minimum Gasteiger partial charge on any atom is -0.356 e. The van der Waals surface area contributed by atoms with E-state index < -0.39 is 0 Å². The van der Waals surface area contributed by atoms with Gasteiger partial charge >= 0.3 is 0 Å². The molecular weight excluding hydrogens is 255 g/mol. The van der Waals surface area contributed by atoms with E-state index in [0.29, 0.717) is 25.8 Å². The Bertz CT molecular complexity index is 540. The van der Waals surface area contributed by atoms with Gasteiger partial charge in [-0.3, -0.25) is 9.78 Å². The molecule has 0 aliphatic heterocycles. The lowest BCUT2D eigenvalue weighted by atomic mass is 10.1. The molecule has 1 aromatic heterocycles. The van der Waals surface area contributed by atoms with Crippen molar-refractivity contribution in [2.75, 3.05) is 6.54 Å². The largest absolute Gasteiger partial charge is 0.356 e. The van der Waals surface area contributed by atoms with Gasteiger partial charge in [-0.1, -0.05) is 18.2 Å². The summed E-state index contributed by atoms with van der Waals surface area (Å²) in [6, 6.07) is 12.0. The summed E-state index contributed by atoms with van der Waals surface area (Å²) in [6.45, 7) is 0.562. The number of carbonyl (C=O) groups is 1. The van der Waals surface area contributed by atoms with Crippen LogP contribution in [0.4, 0.5) is 4.39 Å². The molecule has 0 fully saturated rings. The third-order valence-corrected chi connectivity index (χ3v) is 2.98. The van der Waals surface area contributed by atoms with E-state index in [2.05, 4.69) is 10.3 Å². The molecule has 4 heteroatoms. The zero-order chi connectivity index (χ0) is 14.2. The standard InChI is InChI=1S/C16H17FN2O/c17-14-6-4-13(5-7-14)10-12-19-16(20)9-8-15-3-1-2-11-18-15/h1-7,11H,8-10,12H2,(H,19,20). The molecule has 1 heterocycles. The Morgan fingerprint density at radius 1 is 1.10 bits per heavy atom. The minimum atomic E-state index is -0.242. The second-order valence-corrected chi connectivity index (χ2v) is 4.55. The molecule has 0 atom stereocenters. The van der Waals surface area contributed by atoms with Crippen LogP contribution in [0, 0.1) is 5.82 Å². The average Bonchev–Trinajstić information content (AvgIpc) is 2.48. The summed E-state index contributed by atoms with van der Waals surface area (Å²) < 4.78 is 12.7. The highest BCUT2D eigenvalue weighted by molar-refractivity contribution is 5.76. The van der Waals surface area contributed by atoms with Gasteiger partial charge in [-0.05, 0) is 42.7 Å². The maximum absolute atomic E-state index is 12.7. The molecular formula is C16H17FN2O. The lowest BCUT2D eigenvalue weighted by molar-refractivity contribution is -0.121. The van der Waals surface area contributed by atoms with Gasteiger partial charge in [0, 0.05) is 24.9 Å². The predicted octanol–water partition coefficient (Wildman–Crippen LogP) is 2.51. The van der Waals surface area contributed by atoms with E-state index in [1.807, 2.05) is 18.2 Å². The number of aryl methyl sites for hydroxylation is 1. The molecule has 0 saturated carbocycles. The van der Waals surface area contributed by atoms with Gasteiger partial charge in [-0.15, -0.1) is 0 Å². The molecule has 20 heavy (non-hydrogen) atoms. The summed E-state index contributed by atoms with van der Waals surface area (Å²) in [5, 5.41) is 2.86. The first-order valence-corrected chi connectivity index (χ1v) is 6.65. The molecule has 0 bridgehead atoms. The number of hydrogen-bond donors (Lipinski definition) is 1. The van der Waals surface area contributed by atoms with Crippen molar-refractivity contribution < 1.29 is 9.18 Å². The molecule has 3 nitrogen and oxygen atoms in total. The summed E-state index contributed by atoms with van der Waals surface area (Å²) in [4.78, 5) is 15.8. The van der Waals surface area contributed by atoms with Crippen LogP contribution < -0.4 is 5.32 Å². The second kappa shape index (κ2) is 7.38. The van der Waals surface area contributed by atoms with Crippen molar-refractivity contribution in [3.63, 3.8) is 0 Å². The van der Waals surface area contributed by atoms with E-state index in [9.17, 15) is 9.18 Å². The first-order chi connectivity index (χ1) is 9.74. The van der Waals surface area contributed by atoms with Crippen LogP contribution in [0.2, 0.25) is 0 Å². The lowest BCUT2D eigenvalue weighted by Gasteiger charge is -2.05. The number of nitrogens with one attached hydrogen (secondary N) is 1. The maximum atomic E-state index is 12.7. The third kappa shape index (κ3) is 4.80. The summed E-state index contributed by atoms with van der Waals surface area (Å²) in [5.41, 5.74) is 1.93. The summed E-state index contributed by atoms with van der Waals surface area (Å²) >= 11 is 0. The molecule has 0 saturated heterocycles. The van der Waals surface area contributed by atoms with Crippen LogP contribution in [0.5, 0.6) is 0 Å². The predicted molar refractivity (Wildman–Crippen MR) is 75.7 cm³/mol. The second-order valence-electron chi connectivity index (χ2n) is 4.55. The molecule has 0 spiro atoms. The van der Waals surface area contributed by atoms with Gasteiger partial charge in [0.15, 0.2) is 0 Å². The van der Waals surface area contributed by atoms with Gasteiger partial charge in [-0.2, -0.15) is 0 Å². The number of carbonyl (C=O) groups excluding carboxylic acids is 1. The first-order valence-electron chi connectivity index (χ1n) is 6.65. The van der Waals surface area contributed by atoms with E-state index in [-0.39, 0.29) is 11.7 Å². The van der Waals surface area contributed by atoms with Crippen molar-refractivity contribution >= 4 is 5.91 Å². The smallest absolute Gasteiger partial charge is 0.220 e. The highest BCUT2D eigenvalue weighted by Gasteiger charge is 2.02. The van der Waals surface area contributed by atoms with Gasteiger partial charge in [-0.25, -0.2) is 4.39 Å². The summed E-state index contributed by atoms with van der Waals surface area (Å²) in [7, 11) is 0. The quantitative estimate of drug-likeness (QED) is 0.878. The fourth-order valence-electron chi connectivity index (χ4n) is 1.87. The Kier molecular flexibility index (Phi) is 5.24.